The summed E-state index contributed by atoms with van der Waals surface area (Å²) in [5.41, 5.74) is 9.22. The second-order valence-corrected chi connectivity index (χ2v) is 18.6. The Kier molecular flexibility index (Phi) is 12.9. The molecule has 3 amide bonds. The number of carbonyl (C=O) groups is 4. The number of morpholine rings is 1. The number of aromatic nitrogens is 3. The maximum atomic E-state index is 14.8. The minimum atomic E-state index is -1.22. The Morgan fingerprint density at radius 1 is 1.11 bits per heavy atom. The van der Waals surface area contributed by atoms with Crippen molar-refractivity contribution in [2.45, 2.75) is 91.6 Å². The van der Waals surface area contributed by atoms with E-state index >= 15 is 0 Å². The molecule has 16 heteroatoms. The smallest absolute Gasteiger partial charge is 0.324 e. The van der Waals surface area contributed by atoms with Crippen molar-refractivity contribution in [3.63, 3.8) is 0 Å². The van der Waals surface area contributed by atoms with Gasteiger partial charge in [-0.2, -0.15) is 0 Å². The van der Waals surface area contributed by atoms with E-state index < -0.39 is 53.2 Å². The molecule has 3 aliphatic heterocycles. The first-order valence-corrected chi connectivity index (χ1v) is 22.8. The van der Waals surface area contributed by atoms with Gasteiger partial charge in [-0.3, -0.25) is 29.2 Å². The highest BCUT2D eigenvalue weighted by atomic mass is 32.1. The fourth-order valence-corrected chi connectivity index (χ4v) is 10.3. The lowest BCUT2D eigenvalue weighted by Crippen LogP contribution is -2.61. The monoisotopic (exact) mass is 869 g/mol. The molecule has 0 radical (unpaired) electrons. The highest BCUT2D eigenvalue weighted by Crippen LogP contribution is 2.48. The largest absolute Gasteiger partial charge is 0.464 e. The lowest BCUT2D eigenvalue weighted by Gasteiger charge is -2.37. The van der Waals surface area contributed by atoms with Gasteiger partial charge in [0.05, 0.1) is 54.8 Å². The first-order valence-electron chi connectivity index (χ1n) is 22.0. The molecule has 3 aromatic heterocycles. The summed E-state index contributed by atoms with van der Waals surface area (Å²) in [6.45, 7) is 15.3. The minimum Gasteiger partial charge on any atom is -0.464 e. The summed E-state index contributed by atoms with van der Waals surface area (Å²) in [6, 6.07) is 8.39. The minimum absolute atomic E-state index is 0.0722. The van der Waals surface area contributed by atoms with Gasteiger partial charge in [-0.15, -0.1) is 11.3 Å². The molecule has 8 rings (SSSR count). The Morgan fingerprint density at radius 2 is 1.90 bits per heavy atom. The average molecular weight is 870 g/mol. The molecule has 1 saturated carbocycles. The number of hydrazine groups is 1. The van der Waals surface area contributed by atoms with Gasteiger partial charge < -0.3 is 33.7 Å². The highest BCUT2D eigenvalue weighted by Gasteiger charge is 2.58. The van der Waals surface area contributed by atoms with Crippen molar-refractivity contribution in [2.24, 2.45) is 23.2 Å². The number of nitrogens with zero attached hydrogens (tertiary/aromatic N) is 5. The van der Waals surface area contributed by atoms with Gasteiger partial charge in [0.25, 0.3) is 5.91 Å². The molecule has 7 atom stereocenters. The standard InChI is InChI=1S/C46H59N7O8S/c1-8-52-34-15-14-28-22-30(34)31(39(52)29-12-10-16-47-37(29)27(4)58-7)23-46(5,6)25-61-45(57)32-13-11-17-53(50-32)44(56)38(40(60-9-2)42-48-33(28)24-62-42)49-41(54)35-26(3)36(35)43(55)51-18-20-59-21-19-51/h10,12,14-16,22,24,26-27,32,35-36,38,40,50H,8-9,11,13,17-21,23,25H2,1-7H3,(H,49,54)/t26-,27+,32+,35-,36-,38+,40+/m1/s1. The third-order valence-corrected chi connectivity index (χ3v) is 13.8. The van der Waals surface area contributed by atoms with Gasteiger partial charge in [-0.05, 0) is 75.8 Å². The lowest BCUT2D eigenvalue weighted by molar-refractivity contribution is -0.156. The molecule has 1 aliphatic carbocycles. The van der Waals surface area contributed by atoms with Crippen molar-refractivity contribution in [1.29, 1.82) is 0 Å². The van der Waals surface area contributed by atoms with E-state index in [0.717, 1.165) is 39.0 Å². The Balaban J connectivity index is 1.22. The first-order chi connectivity index (χ1) is 29.8. The van der Waals surface area contributed by atoms with Crippen molar-refractivity contribution in [1.82, 2.24) is 35.2 Å². The molecular formula is C46H59N7O8S. The molecule has 0 spiro atoms. The molecule has 4 aliphatic rings. The Labute approximate surface area is 366 Å². The summed E-state index contributed by atoms with van der Waals surface area (Å²) in [7, 11) is 1.69. The van der Waals surface area contributed by atoms with Gasteiger partial charge in [0.2, 0.25) is 11.8 Å². The summed E-state index contributed by atoms with van der Waals surface area (Å²) < 4.78 is 26.1. The number of amides is 3. The summed E-state index contributed by atoms with van der Waals surface area (Å²) in [6.07, 6.45) is 2.15. The summed E-state index contributed by atoms with van der Waals surface area (Å²) in [5, 5.41) is 7.97. The maximum Gasteiger partial charge on any atom is 0.324 e. The average Bonchev–Trinajstić information content (AvgIpc) is 3.57. The Bertz CT molecular complexity index is 2320. The van der Waals surface area contributed by atoms with E-state index in [4.69, 9.17) is 28.9 Å². The Morgan fingerprint density at radius 3 is 2.65 bits per heavy atom. The number of aryl methyl sites for hydroxylation is 1. The molecule has 4 aromatic rings. The van der Waals surface area contributed by atoms with Gasteiger partial charge in [0, 0.05) is 78.9 Å². The van der Waals surface area contributed by atoms with E-state index in [0.29, 0.717) is 69.4 Å². The number of esters is 1. The predicted molar refractivity (Wildman–Crippen MR) is 234 cm³/mol. The molecule has 6 heterocycles. The van der Waals surface area contributed by atoms with Crippen LogP contribution in [0.2, 0.25) is 0 Å². The molecule has 332 valence electrons. The number of hydrogen-bond acceptors (Lipinski definition) is 12. The normalized spacial score (nSPS) is 25.9. The van der Waals surface area contributed by atoms with Crippen LogP contribution in [0.5, 0.6) is 0 Å². The van der Waals surface area contributed by atoms with E-state index in [9.17, 15) is 19.2 Å². The van der Waals surface area contributed by atoms with Crippen LogP contribution in [0.3, 0.4) is 0 Å². The van der Waals surface area contributed by atoms with Crippen LogP contribution in [0, 0.1) is 23.2 Å². The Hall–Kier alpha value is -4.74. The molecule has 62 heavy (non-hydrogen) atoms. The van der Waals surface area contributed by atoms with Gasteiger partial charge >= 0.3 is 5.97 Å². The van der Waals surface area contributed by atoms with Crippen LogP contribution >= 0.6 is 11.3 Å². The molecule has 15 nitrogen and oxygen atoms in total. The molecule has 0 unspecified atom stereocenters. The van der Waals surface area contributed by atoms with Crippen molar-refractivity contribution < 1.29 is 38.1 Å². The topological polar surface area (TPSA) is 166 Å². The number of methoxy groups -OCH3 is 1. The number of cyclic esters (lactones) is 1. The number of hydrogen-bond donors (Lipinski definition) is 2. The fraction of sp³-hybridized carbons (Fsp3) is 0.565. The van der Waals surface area contributed by atoms with Crippen LogP contribution in [-0.4, -0.2) is 113 Å². The zero-order valence-corrected chi connectivity index (χ0v) is 37.6. The molecule has 1 aromatic carbocycles. The molecule has 2 saturated heterocycles. The van der Waals surface area contributed by atoms with Crippen molar-refractivity contribution in [3.8, 4) is 22.5 Å². The van der Waals surface area contributed by atoms with Crippen molar-refractivity contribution in [2.75, 3.05) is 53.2 Å². The maximum absolute atomic E-state index is 14.8. The summed E-state index contributed by atoms with van der Waals surface area (Å²) in [4.78, 5) is 68.1. The van der Waals surface area contributed by atoms with Gasteiger partial charge in [0.15, 0.2) is 0 Å². The third kappa shape index (κ3) is 8.51. The zero-order valence-electron chi connectivity index (χ0n) is 36.8. The van der Waals surface area contributed by atoms with Gasteiger partial charge in [0.1, 0.15) is 23.2 Å². The van der Waals surface area contributed by atoms with Crippen LogP contribution in [0.4, 0.5) is 0 Å². The van der Waals surface area contributed by atoms with Crippen LogP contribution in [0.15, 0.2) is 41.9 Å². The second kappa shape index (κ2) is 18.2. The fourth-order valence-electron chi connectivity index (χ4n) is 9.43. The van der Waals surface area contributed by atoms with Crippen molar-refractivity contribution >= 4 is 45.9 Å². The zero-order chi connectivity index (χ0) is 43.9. The SMILES string of the molecule is CCO[C@@H]1c2nc(cs2)-c2ccc3c(c2)c(c(-c2cccnc2[C@H](C)OC)n3CC)CC(C)(C)COC(=O)[C@@H]2CCCN(N2)C(=O)[C@H]1NC(=O)[C@@H]1[C@@H](C)[C@H]1C(=O)N1CCOCC1. The van der Waals surface area contributed by atoms with E-state index in [1.54, 1.807) is 18.2 Å². The molecular weight excluding hydrogens is 811 g/mol. The number of rotatable bonds is 9. The van der Waals surface area contributed by atoms with E-state index in [1.165, 1.54) is 16.3 Å². The quantitative estimate of drug-likeness (QED) is 0.205. The highest BCUT2D eigenvalue weighted by molar-refractivity contribution is 7.10. The number of ether oxygens (including phenoxy) is 4. The summed E-state index contributed by atoms with van der Waals surface area (Å²) in [5.74, 6) is -2.70. The summed E-state index contributed by atoms with van der Waals surface area (Å²) >= 11 is 1.36. The van der Waals surface area contributed by atoms with Gasteiger partial charge in [-0.1, -0.05) is 26.8 Å². The number of benzene rings is 1. The number of pyridine rings is 1. The number of fused-ring (bicyclic) bond motifs is 6. The van der Waals surface area contributed by atoms with Crippen LogP contribution in [0.1, 0.15) is 82.9 Å². The van der Waals surface area contributed by atoms with E-state index in [1.807, 2.05) is 32.2 Å². The van der Waals surface area contributed by atoms with Gasteiger partial charge in [-0.25, -0.2) is 10.4 Å². The molecule has 2 N–H and O–H groups in total. The van der Waals surface area contributed by atoms with Crippen LogP contribution < -0.4 is 10.7 Å². The van der Waals surface area contributed by atoms with Crippen LogP contribution in [-0.2, 0) is 51.1 Å². The second-order valence-electron chi connectivity index (χ2n) is 17.7. The number of nitrogens with one attached hydrogen (secondary N) is 2. The number of carbonyl (C=O) groups excluding carboxylic acids is 4. The number of thiazole rings is 1. The third-order valence-electron chi connectivity index (χ3n) is 12.9. The molecule has 6 bridgehead atoms. The van der Waals surface area contributed by atoms with E-state index in [2.05, 4.69) is 60.3 Å². The first kappa shape index (κ1) is 43.9. The lowest BCUT2D eigenvalue weighted by atomic mass is 9.84. The van der Waals surface area contributed by atoms with Crippen molar-refractivity contribution in [3.05, 3.63) is 58.2 Å². The van der Waals surface area contributed by atoms with E-state index in [-0.39, 0.29) is 31.1 Å². The van der Waals surface area contributed by atoms with Crippen LogP contribution in [0.25, 0.3) is 33.4 Å². The molecule has 3 fully saturated rings. The predicted octanol–water partition coefficient (Wildman–Crippen LogP) is 5.48.